The molecule has 0 aliphatic heterocycles. The Morgan fingerprint density at radius 1 is 1.55 bits per heavy atom. The van der Waals surface area contributed by atoms with Crippen molar-refractivity contribution in [3.8, 4) is 5.88 Å². The smallest absolute Gasteiger partial charge is 0.423 e. The van der Waals surface area contributed by atoms with E-state index >= 15 is 0 Å². The molecule has 0 radical (unpaired) electrons. The van der Waals surface area contributed by atoms with Crippen LogP contribution < -0.4 is 8.53 Å². The largest absolute Gasteiger partial charge is 0.488 e. The van der Waals surface area contributed by atoms with E-state index in [9.17, 15) is 0 Å². The molecule has 1 rings (SSSR count). The summed E-state index contributed by atoms with van der Waals surface area (Å²) in [6.07, 6.45) is 1.45. The van der Waals surface area contributed by atoms with E-state index in [2.05, 4.69) is 4.98 Å². The average molecular weight is 265 g/mol. The highest BCUT2D eigenvalue weighted by Gasteiger charge is 2.11. The highest BCUT2D eigenvalue weighted by Crippen LogP contribution is 2.04. The van der Waals surface area contributed by atoms with Crippen LogP contribution in [-0.4, -0.2) is 22.2 Å². The first kappa shape index (κ1) is 8.76. The van der Waals surface area contributed by atoms with Crippen LogP contribution in [0.25, 0.3) is 0 Å². The van der Waals surface area contributed by atoms with Gasteiger partial charge in [0.15, 0.2) is 23.0 Å². The zero-order valence-corrected chi connectivity index (χ0v) is 7.59. The quantitative estimate of drug-likeness (QED) is 0.558. The van der Waals surface area contributed by atoms with Crippen molar-refractivity contribution in [3.63, 3.8) is 0 Å². The Labute approximate surface area is 78.1 Å². The maximum Gasteiger partial charge on any atom is 0.488 e. The lowest BCUT2D eigenvalue weighted by Crippen LogP contribution is -2.29. The van der Waals surface area contributed by atoms with E-state index in [1.165, 1.54) is 18.3 Å². The Bertz CT molecular complexity index is 245. The Hall–Kier alpha value is -0.335. The van der Waals surface area contributed by atoms with E-state index in [0.717, 1.165) is 0 Å². The van der Waals surface area contributed by atoms with Gasteiger partial charge in [-0.25, -0.2) is 4.98 Å². The highest BCUT2D eigenvalue weighted by atomic mass is 127. The second-order valence-electron chi connectivity index (χ2n) is 1.88. The summed E-state index contributed by atoms with van der Waals surface area (Å²) in [7, 11) is -1.47. The van der Waals surface area contributed by atoms with Crippen molar-refractivity contribution in [1.29, 1.82) is 0 Å². The van der Waals surface area contributed by atoms with Gasteiger partial charge in [-0.2, -0.15) is 0 Å². The molecule has 11 heavy (non-hydrogen) atoms. The zero-order valence-electron chi connectivity index (χ0n) is 5.44. The summed E-state index contributed by atoms with van der Waals surface area (Å²) >= 11 is 1.67. The summed E-state index contributed by atoms with van der Waals surface area (Å²) in [5.41, 5.74) is 0.367. The van der Waals surface area contributed by atoms with Crippen LogP contribution in [0.3, 0.4) is 0 Å². The minimum Gasteiger partial charge on any atom is -0.423 e. The van der Waals surface area contributed by atoms with Crippen LogP contribution in [0.15, 0.2) is 18.3 Å². The first-order valence-electron chi connectivity index (χ1n) is 2.84. The van der Waals surface area contributed by atoms with Gasteiger partial charge in [-0.1, -0.05) is 0 Å². The van der Waals surface area contributed by atoms with E-state index < -0.39 is 7.12 Å². The molecule has 0 atom stereocenters. The predicted molar refractivity (Wildman–Crippen MR) is 48.7 cm³/mol. The maximum absolute atomic E-state index is 8.71. The Morgan fingerprint density at radius 3 is 2.82 bits per heavy atom. The van der Waals surface area contributed by atoms with Crippen LogP contribution in [0.4, 0.5) is 0 Å². The minimum atomic E-state index is -1.47. The van der Waals surface area contributed by atoms with Gasteiger partial charge in [-0.05, 0) is 11.5 Å². The summed E-state index contributed by atoms with van der Waals surface area (Å²) in [6.45, 7) is 0. The molecule has 58 valence electrons. The van der Waals surface area contributed by atoms with E-state index in [-0.39, 0.29) is 0 Å². The molecule has 0 saturated carbocycles. The van der Waals surface area contributed by atoms with Crippen LogP contribution in [0.2, 0.25) is 0 Å². The van der Waals surface area contributed by atoms with Gasteiger partial charge in [0, 0.05) is 12.3 Å². The summed E-state index contributed by atoms with van der Waals surface area (Å²) in [5, 5.41) is 17.4. The Morgan fingerprint density at radius 2 is 2.27 bits per heavy atom. The first-order valence-corrected chi connectivity index (χ1v) is 3.73. The summed E-state index contributed by atoms with van der Waals surface area (Å²) < 4.78 is 4.74. The molecule has 0 amide bonds. The molecule has 0 aliphatic rings. The molecule has 1 aromatic heterocycles. The molecule has 0 unspecified atom stereocenters. The van der Waals surface area contributed by atoms with Crippen LogP contribution in [-0.2, 0) is 0 Å². The van der Waals surface area contributed by atoms with Gasteiger partial charge in [-0.3, -0.25) is 0 Å². The Balaban J connectivity index is 2.91. The van der Waals surface area contributed by atoms with E-state index in [1.54, 1.807) is 23.0 Å². The van der Waals surface area contributed by atoms with Crippen LogP contribution >= 0.6 is 23.0 Å². The van der Waals surface area contributed by atoms with Crippen LogP contribution in [0, 0.1) is 0 Å². The molecular weight excluding hydrogens is 260 g/mol. The van der Waals surface area contributed by atoms with Gasteiger partial charge in [0.25, 0.3) is 0 Å². The number of nitrogens with zero attached hydrogens (tertiary/aromatic N) is 1. The summed E-state index contributed by atoms with van der Waals surface area (Å²) in [6, 6.07) is 2.96. The number of pyridine rings is 1. The maximum atomic E-state index is 8.71. The van der Waals surface area contributed by atoms with Gasteiger partial charge in [0.05, 0.1) is 0 Å². The number of rotatable bonds is 2. The molecule has 0 bridgehead atoms. The fourth-order valence-corrected chi connectivity index (χ4v) is 0.868. The molecule has 4 nitrogen and oxygen atoms in total. The van der Waals surface area contributed by atoms with Gasteiger partial charge in [0.2, 0.25) is 5.88 Å². The second-order valence-corrected chi connectivity index (χ2v) is 2.32. The van der Waals surface area contributed by atoms with Gasteiger partial charge in [0.1, 0.15) is 0 Å². The van der Waals surface area contributed by atoms with Crippen molar-refractivity contribution < 1.29 is 13.1 Å². The van der Waals surface area contributed by atoms with Crippen LogP contribution in [0.1, 0.15) is 0 Å². The summed E-state index contributed by atoms with van der Waals surface area (Å²) in [4.78, 5) is 3.79. The Kier molecular flexibility index (Phi) is 3.09. The molecule has 2 N–H and O–H groups in total. The van der Waals surface area contributed by atoms with Crippen molar-refractivity contribution in [3.05, 3.63) is 18.3 Å². The molecule has 0 aromatic carbocycles. The van der Waals surface area contributed by atoms with Crippen molar-refractivity contribution in [2.24, 2.45) is 0 Å². The minimum absolute atomic E-state index is 0.358. The molecule has 0 spiro atoms. The standard InChI is InChI=1S/C5H5BINO3/c7-11-5-3-4(6(9)10)1-2-8-5/h1-3,9-10H. The van der Waals surface area contributed by atoms with E-state index in [4.69, 9.17) is 13.1 Å². The molecule has 1 aromatic rings. The average Bonchev–Trinajstić information content (AvgIpc) is 2.05. The third-order valence-electron chi connectivity index (χ3n) is 1.14. The van der Waals surface area contributed by atoms with E-state index in [0.29, 0.717) is 11.3 Å². The topological polar surface area (TPSA) is 62.6 Å². The summed E-state index contributed by atoms with van der Waals surface area (Å²) in [5.74, 6) is 0.358. The van der Waals surface area contributed by atoms with E-state index in [1.807, 2.05) is 0 Å². The number of halogens is 1. The second kappa shape index (κ2) is 3.89. The molecule has 0 aliphatic carbocycles. The number of hydrogen-bond acceptors (Lipinski definition) is 4. The predicted octanol–water partition coefficient (Wildman–Crippen LogP) is -0.510. The number of hydrogen-bond donors (Lipinski definition) is 2. The van der Waals surface area contributed by atoms with Crippen molar-refractivity contribution in [2.45, 2.75) is 0 Å². The third-order valence-corrected chi connectivity index (χ3v) is 1.59. The highest BCUT2D eigenvalue weighted by molar-refractivity contribution is 14.1. The molecule has 0 fully saturated rings. The number of aromatic nitrogens is 1. The van der Waals surface area contributed by atoms with Gasteiger partial charge in [-0.15, -0.1) is 0 Å². The lowest BCUT2D eigenvalue weighted by molar-refractivity contribution is 0.425. The van der Waals surface area contributed by atoms with Crippen LogP contribution in [0.5, 0.6) is 5.88 Å². The van der Waals surface area contributed by atoms with Crippen molar-refractivity contribution in [1.82, 2.24) is 4.98 Å². The monoisotopic (exact) mass is 265 g/mol. The molecule has 0 saturated heterocycles. The van der Waals surface area contributed by atoms with Crippen molar-refractivity contribution in [2.75, 3.05) is 0 Å². The van der Waals surface area contributed by atoms with Gasteiger partial charge >= 0.3 is 7.12 Å². The molecule has 6 heteroatoms. The third kappa shape index (κ3) is 2.31. The zero-order chi connectivity index (χ0) is 8.27. The fourth-order valence-electron chi connectivity index (χ4n) is 0.628. The van der Waals surface area contributed by atoms with Crippen molar-refractivity contribution >= 4 is 35.6 Å². The first-order chi connectivity index (χ1) is 5.24. The SMILES string of the molecule is OB(O)c1ccnc(OI)c1. The molecular formula is C5H5BINO3. The fraction of sp³-hybridized carbons (Fsp3) is 0. The lowest BCUT2D eigenvalue weighted by Gasteiger charge is -1.99. The normalized spacial score (nSPS) is 9.36. The molecule has 1 heterocycles. The van der Waals surface area contributed by atoms with Gasteiger partial charge < -0.3 is 13.1 Å². The lowest BCUT2D eigenvalue weighted by atomic mass is 9.81.